The van der Waals surface area contributed by atoms with Gasteiger partial charge in [-0.2, -0.15) is 0 Å². The van der Waals surface area contributed by atoms with Crippen LogP contribution in [0.4, 0.5) is 8.78 Å². The van der Waals surface area contributed by atoms with Gasteiger partial charge in [0, 0.05) is 34.7 Å². The number of fused-ring (bicyclic) bond motifs is 1. The second-order valence-electron chi connectivity index (χ2n) is 7.55. The third-order valence-corrected chi connectivity index (χ3v) is 5.69. The first kappa shape index (κ1) is 31.0. The Hall–Kier alpha value is -3.20. The van der Waals surface area contributed by atoms with Crippen molar-refractivity contribution in [2.24, 2.45) is 11.5 Å². The number of aliphatic hydroxyl groups is 5. The number of ether oxygens (including phenoxy) is 2. The average Bonchev–Trinajstić information content (AvgIpc) is 3.32. The molecule has 0 aliphatic carbocycles. The molecule has 9 N–H and O–H groups in total. The monoisotopic (exact) mass is 556 g/mol. The quantitative estimate of drug-likeness (QED) is 0.173. The van der Waals surface area contributed by atoms with E-state index in [0.717, 1.165) is 23.8 Å². The summed E-state index contributed by atoms with van der Waals surface area (Å²) in [6.07, 6.45) is -0.162. The number of hydrogen-bond acceptors (Lipinski definition) is 10. The number of rotatable bonds is 6. The summed E-state index contributed by atoms with van der Waals surface area (Å²) in [6, 6.07) is 11.7. The summed E-state index contributed by atoms with van der Waals surface area (Å²) in [5, 5.41) is 45.8. The molecule has 38 heavy (non-hydrogen) atoms. The van der Waals surface area contributed by atoms with E-state index in [4.69, 9.17) is 31.7 Å². The van der Waals surface area contributed by atoms with Crippen molar-refractivity contribution in [3.63, 3.8) is 0 Å². The van der Waals surface area contributed by atoms with Gasteiger partial charge < -0.3 is 46.5 Å². The van der Waals surface area contributed by atoms with Crippen molar-refractivity contribution in [2.75, 3.05) is 14.1 Å². The fraction of sp³-hybridized carbons (Fsp3) is 0.240. The third-order valence-electron chi connectivity index (χ3n) is 5.32. The van der Waals surface area contributed by atoms with Gasteiger partial charge in [-0.3, -0.25) is 4.79 Å². The van der Waals surface area contributed by atoms with Crippen molar-refractivity contribution in [3.8, 4) is 22.6 Å². The van der Waals surface area contributed by atoms with Crippen LogP contribution in [0.25, 0.3) is 11.1 Å². The lowest BCUT2D eigenvalue weighted by molar-refractivity contribution is -0.502. The van der Waals surface area contributed by atoms with Crippen LogP contribution < -0.4 is 20.9 Å². The average molecular weight is 557 g/mol. The molecule has 0 saturated carbocycles. The lowest BCUT2D eigenvalue weighted by Gasteiger charge is -2.29. The van der Waals surface area contributed by atoms with E-state index in [0.29, 0.717) is 0 Å². The van der Waals surface area contributed by atoms with Gasteiger partial charge in [-0.1, -0.05) is 41.9 Å². The van der Waals surface area contributed by atoms with E-state index < -0.39 is 46.0 Å². The smallest absolute Gasteiger partial charge is 0.409 e. The molecule has 0 saturated heterocycles. The predicted molar refractivity (Wildman–Crippen MR) is 133 cm³/mol. The minimum Gasteiger partial charge on any atom is -0.485 e. The van der Waals surface area contributed by atoms with E-state index in [1.54, 1.807) is 30.3 Å². The van der Waals surface area contributed by atoms with Gasteiger partial charge in [-0.25, -0.2) is 8.78 Å². The summed E-state index contributed by atoms with van der Waals surface area (Å²) in [4.78, 5) is 11.7. The second kappa shape index (κ2) is 12.6. The maximum absolute atomic E-state index is 15.6. The van der Waals surface area contributed by atoms with Crippen molar-refractivity contribution in [2.45, 2.75) is 24.5 Å². The van der Waals surface area contributed by atoms with Crippen molar-refractivity contribution in [1.82, 2.24) is 0 Å². The number of hydrogen-bond donors (Lipinski definition) is 7. The molecule has 0 aromatic heterocycles. The Balaban J connectivity index is 0.00000121. The molecule has 1 aliphatic heterocycles. The number of halogens is 3. The molecule has 0 bridgehead atoms. The van der Waals surface area contributed by atoms with Crippen molar-refractivity contribution < 1.29 is 48.6 Å². The molecule has 13 heteroatoms. The molecule has 4 rings (SSSR count). The summed E-state index contributed by atoms with van der Waals surface area (Å²) in [7, 11) is 3.00. The molecular formula is C25H27ClF2N2O8. The topological polar surface area (TPSA) is 189 Å². The van der Waals surface area contributed by atoms with Crippen molar-refractivity contribution in [3.05, 3.63) is 81.9 Å². The molecule has 3 aromatic carbocycles. The van der Waals surface area contributed by atoms with E-state index in [1.807, 2.05) is 0 Å². The Morgan fingerprint density at radius 2 is 1.61 bits per heavy atom. The van der Waals surface area contributed by atoms with Crippen LogP contribution in [-0.2, 0) is 6.42 Å². The molecular weight excluding hydrogens is 530 g/mol. The minimum absolute atomic E-state index is 0.0621. The Kier molecular flexibility index (Phi) is 10.3. The van der Waals surface area contributed by atoms with Gasteiger partial charge in [-0.15, -0.1) is 0 Å². The van der Waals surface area contributed by atoms with Gasteiger partial charge >= 0.3 is 11.9 Å². The Morgan fingerprint density at radius 3 is 2.16 bits per heavy atom. The SMILES string of the molecule is CN.CN.O=Cc1ccc(OC(O)(O)C(O)(O)O)c(F)c1-c1c(Cl)c(F)cc2c1CC(c1ccccc1)O2. The molecule has 0 amide bonds. The maximum atomic E-state index is 15.6. The Morgan fingerprint density at radius 1 is 1.00 bits per heavy atom. The highest BCUT2D eigenvalue weighted by atomic mass is 35.5. The van der Waals surface area contributed by atoms with Crippen LogP contribution in [0.3, 0.4) is 0 Å². The zero-order valence-electron chi connectivity index (χ0n) is 20.2. The van der Waals surface area contributed by atoms with Crippen molar-refractivity contribution >= 4 is 17.9 Å². The maximum Gasteiger partial charge on any atom is 0.409 e. The first-order valence-electron chi connectivity index (χ1n) is 10.9. The Bertz CT molecular complexity index is 1270. The summed E-state index contributed by atoms with van der Waals surface area (Å²) >= 11 is 6.19. The molecule has 3 aromatic rings. The Labute approximate surface area is 221 Å². The molecule has 0 fully saturated rings. The summed E-state index contributed by atoms with van der Waals surface area (Å²) in [5.41, 5.74) is 8.95. The zero-order chi connectivity index (χ0) is 28.8. The summed E-state index contributed by atoms with van der Waals surface area (Å²) in [6.45, 7) is 0. The van der Waals surface area contributed by atoms with Crippen molar-refractivity contribution in [1.29, 1.82) is 0 Å². The molecule has 206 valence electrons. The molecule has 1 aliphatic rings. The van der Waals surface area contributed by atoms with E-state index in [2.05, 4.69) is 16.2 Å². The van der Waals surface area contributed by atoms with Crippen LogP contribution in [0.1, 0.15) is 27.6 Å². The summed E-state index contributed by atoms with van der Waals surface area (Å²) in [5.74, 6) is -11.6. The lowest BCUT2D eigenvalue weighted by atomic mass is 9.91. The van der Waals surface area contributed by atoms with Crippen LogP contribution in [0.15, 0.2) is 48.5 Å². The minimum atomic E-state index is -4.20. The lowest BCUT2D eigenvalue weighted by Crippen LogP contribution is -2.58. The number of carbonyl (C=O) groups is 1. The largest absolute Gasteiger partial charge is 0.485 e. The van der Waals surface area contributed by atoms with E-state index in [1.165, 1.54) is 14.1 Å². The number of nitrogens with two attached hydrogens (primary N) is 2. The molecule has 1 heterocycles. The first-order chi connectivity index (χ1) is 17.9. The van der Waals surface area contributed by atoms with Crippen LogP contribution >= 0.6 is 11.6 Å². The fourth-order valence-corrected chi connectivity index (χ4v) is 3.93. The molecule has 0 radical (unpaired) electrons. The second-order valence-corrected chi connectivity index (χ2v) is 7.93. The van der Waals surface area contributed by atoms with E-state index in [9.17, 15) is 19.4 Å². The molecule has 0 spiro atoms. The van der Waals surface area contributed by atoms with Gasteiger partial charge in [0.2, 0.25) is 0 Å². The molecule has 10 nitrogen and oxygen atoms in total. The number of benzene rings is 3. The van der Waals surface area contributed by atoms with Crippen LogP contribution in [-0.4, -0.2) is 57.9 Å². The van der Waals surface area contributed by atoms with Gasteiger partial charge in [0.1, 0.15) is 17.7 Å². The van der Waals surface area contributed by atoms with Gasteiger partial charge in [0.05, 0.1) is 5.02 Å². The third kappa shape index (κ3) is 6.09. The first-order valence-corrected chi connectivity index (χ1v) is 11.3. The predicted octanol–water partition coefficient (Wildman–Crippen LogP) is 1.57. The number of carbonyl (C=O) groups excluding carboxylic acids is 1. The molecule has 1 atom stereocenters. The number of aldehydes is 1. The van der Waals surface area contributed by atoms with Crippen LogP contribution in [0.5, 0.6) is 11.5 Å². The standard InChI is InChI=1S/C23H17ClF2O8.2CH5N/c24-20-14(25)9-17-13(8-16(33-17)11-4-2-1-3-5-11)19(20)18-12(10-27)6-7-15(21(18)26)34-23(31,32)22(28,29)30;2*1-2/h1-7,9-10,16,28-32H,8H2;2*2H2,1H3. The van der Waals surface area contributed by atoms with E-state index >= 15 is 4.39 Å². The van der Waals surface area contributed by atoms with Crippen LogP contribution in [0.2, 0.25) is 5.02 Å². The zero-order valence-corrected chi connectivity index (χ0v) is 21.0. The van der Waals surface area contributed by atoms with Gasteiger partial charge in [-0.05, 0) is 31.8 Å². The van der Waals surface area contributed by atoms with Gasteiger partial charge in [0.15, 0.2) is 17.9 Å². The highest BCUT2D eigenvalue weighted by Gasteiger charge is 2.50. The highest BCUT2D eigenvalue weighted by molar-refractivity contribution is 6.34. The van der Waals surface area contributed by atoms with Gasteiger partial charge in [0.25, 0.3) is 0 Å². The van der Waals surface area contributed by atoms with E-state index in [-0.39, 0.29) is 35.1 Å². The fourth-order valence-electron chi connectivity index (χ4n) is 3.67. The normalized spacial score (nSPS) is 14.3. The highest BCUT2D eigenvalue weighted by Crippen LogP contribution is 2.48. The molecule has 1 unspecified atom stereocenters. The van der Waals surface area contributed by atoms with Crippen LogP contribution in [0, 0.1) is 11.6 Å². The summed E-state index contributed by atoms with van der Waals surface area (Å²) < 4.78 is 40.5.